The zero-order chi connectivity index (χ0) is 20.3. The first-order valence-electron chi connectivity index (χ1n) is 8.99. The van der Waals surface area contributed by atoms with Crippen LogP contribution in [0.25, 0.3) is 6.08 Å². The summed E-state index contributed by atoms with van der Waals surface area (Å²) in [5.41, 5.74) is 0.811. The number of nitrogens with zero attached hydrogens (tertiary/aromatic N) is 1. The standard InChI is InChI=1S/C20H20Cl3NO4/c21-15-10-16(25)14(6-4-11-8-18(22)24-19(23)9-11)13(15)3-1-2-12-5-7-17(28-12)20(26)27/h4-9,13-16,25H,1-3,10H2,(H,26,27)/b6-4+/t13-,14-,15-,16-/m1/s1. The molecule has 0 spiro atoms. The van der Waals surface area contributed by atoms with Gasteiger partial charge in [-0.15, -0.1) is 11.6 Å². The first kappa shape index (κ1) is 21.2. The lowest BCUT2D eigenvalue weighted by Gasteiger charge is -2.20. The minimum atomic E-state index is -1.08. The van der Waals surface area contributed by atoms with Crippen molar-refractivity contribution in [1.29, 1.82) is 0 Å². The van der Waals surface area contributed by atoms with Crippen LogP contribution in [0.15, 0.2) is 34.8 Å². The minimum Gasteiger partial charge on any atom is -0.475 e. The third-order valence-electron chi connectivity index (χ3n) is 5.00. The van der Waals surface area contributed by atoms with Gasteiger partial charge in [0.15, 0.2) is 0 Å². The van der Waals surface area contributed by atoms with E-state index in [0.717, 1.165) is 18.4 Å². The number of carboxylic acid groups (broad SMARTS) is 1. The topological polar surface area (TPSA) is 83.6 Å². The molecule has 0 unspecified atom stereocenters. The summed E-state index contributed by atoms with van der Waals surface area (Å²) in [7, 11) is 0. The Morgan fingerprint density at radius 3 is 2.64 bits per heavy atom. The summed E-state index contributed by atoms with van der Waals surface area (Å²) in [5.74, 6) is -0.478. The molecule has 1 aliphatic rings. The summed E-state index contributed by atoms with van der Waals surface area (Å²) in [5, 5.41) is 19.8. The maximum Gasteiger partial charge on any atom is 0.371 e. The molecule has 0 amide bonds. The summed E-state index contributed by atoms with van der Waals surface area (Å²) in [6.07, 6.45) is 6.04. The number of hydrogen-bond donors (Lipinski definition) is 2. The largest absolute Gasteiger partial charge is 0.475 e. The number of rotatable bonds is 7. The highest BCUT2D eigenvalue weighted by atomic mass is 35.5. The highest BCUT2D eigenvalue weighted by Gasteiger charge is 2.39. The van der Waals surface area contributed by atoms with Crippen LogP contribution in [0, 0.1) is 11.8 Å². The lowest BCUT2D eigenvalue weighted by molar-refractivity contribution is 0.0660. The van der Waals surface area contributed by atoms with Crippen LogP contribution in [0.1, 0.15) is 41.1 Å². The van der Waals surface area contributed by atoms with Crippen molar-refractivity contribution in [1.82, 2.24) is 4.98 Å². The van der Waals surface area contributed by atoms with Gasteiger partial charge in [-0.25, -0.2) is 9.78 Å². The molecule has 0 aromatic carbocycles. The van der Waals surface area contributed by atoms with Crippen molar-refractivity contribution in [3.63, 3.8) is 0 Å². The van der Waals surface area contributed by atoms with Gasteiger partial charge in [0.2, 0.25) is 5.76 Å². The van der Waals surface area contributed by atoms with Crippen molar-refractivity contribution in [3.05, 3.63) is 57.7 Å². The first-order chi connectivity index (χ1) is 13.3. The van der Waals surface area contributed by atoms with E-state index in [1.807, 2.05) is 12.2 Å². The monoisotopic (exact) mass is 443 g/mol. The number of aromatic carboxylic acids is 1. The summed E-state index contributed by atoms with van der Waals surface area (Å²) in [4.78, 5) is 14.8. The molecule has 0 radical (unpaired) electrons. The second-order valence-corrected chi connectivity index (χ2v) is 8.26. The number of aliphatic hydroxyl groups excluding tert-OH is 1. The van der Waals surface area contributed by atoms with E-state index in [1.54, 1.807) is 18.2 Å². The number of hydrogen-bond acceptors (Lipinski definition) is 4. The van der Waals surface area contributed by atoms with Crippen molar-refractivity contribution in [2.45, 2.75) is 37.2 Å². The van der Waals surface area contributed by atoms with Crippen LogP contribution in [0.5, 0.6) is 0 Å². The Kier molecular flexibility index (Phi) is 7.05. The highest BCUT2D eigenvalue weighted by molar-refractivity contribution is 6.32. The molecule has 2 aromatic heterocycles. The zero-order valence-corrected chi connectivity index (χ0v) is 17.2. The molecule has 2 heterocycles. The van der Waals surface area contributed by atoms with Crippen LogP contribution in [0.4, 0.5) is 0 Å². The number of carbonyl (C=O) groups is 1. The SMILES string of the molecule is O=C(O)c1ccc(CCC[C@@H]2[C@@H](/C=C/c3cc(Cl)nc(Cl)c3)[C@H](O)C[C@H]2Cl)o1. The lowest BCUT2D eigenvalue weighted by Crippen LogP contribution is -2.18. The number of carboxylic acids is 1. The van der Waals surface area contributed by atoms with Gasteiger partial charge in [-0.1, -0.05) is 35.4 Å². The van der Waals surface area contributed by atoms with E-state index >= 15 is 0 Å². The second-order valence-electron chi connectivity index (χ2n) is 6.93. The Bertz CT molecular complexity index is 847. The molecule has 1 saturated carbocycles. The molecule has 0 saturated heterocycles. The van der Waals surface area contributed by atoms with Crippen molar-refractivity contribution in [2.75, 3.05) is 0 Å². The van der Waals surface area contributed by atoms with E-state index in [-0.39, 0.29) is 23.0 Å². The molecule has 1 fully saturated rings. The van der Waals surface area contributed by atoms with Crippen molar-refractivity contribution < 1.29 is 19.4 Å². The maximum atomic E-state index is 10.9. The van der Waals surface area contributed by atoms with Crippen LogP contribution >= 0.6 is 34.8 Å². The Morgan fingerprint density at radius 1 is 1.29 bits per heavy atom. The molecule has 2 aromatic rings. The maximum absolute atomic E-state index is 10.9. The van der Waals surface area contributed by atoms with Gasteiger partial charge in [0.25, 0.3) is 0 Å². The molecule has 5 nitrogen and oxygen atoms in total. The number of aryl methyl sites for hydroxylation is 1. The van der Waals surface area contributed by atoms with Crippen molar-refractivity contribution in [2.24, 2.45) is 11.8 Å². The quantitative estimate of drug-likeness (QED) is 0.446. The van der Waals surface area contributed by atoms with Gasteiger partial charge in [0.05, 0.1) is 6.10 Å². The van der Waals surface area contributed by atoms with Gasteiger partial charge < -0.3 is 14.6 Å². The van der Waals surface area contributed by atoms with Crippen LogP contribution < -0.4 is 0 Å². The van der Waals surface area contributed by atoms with E-state index in [0.29, 0.717) is 28.9 Å². The number of alkyl halides is 1. The van der Waals surface area contributed by atoms with E-state index < -0.39 is 12.1 Å². The normalized spacial score (nSPS) is 24.9. The summed E-state index contributed by atoms with van der Waals surface area (Å²) in [6, 6.07) is 6.54. The molecule has 1 aliphatic carbocycles. The molecule has 2 N–H and O–H groups in total. The highest BCUT2D eigenvalue weighted by Crippen LogP contribution is 2.40. The van der Waals surface area contributed by atoms with E-state index in [9.17, 15) is 9.90 Å². The average molecular weight is 445 g/mol. The fourth-order valence-corrected chi connectivity index (χ4v) is 4.63. The summed E-state index contributed by atoms with van der Waals surface area (Å²) >= 11 is 18.3. The third-order valence-corrected chi connectivity index (χ3v) is 5.89. The zero-order valence-electron chi connectivity index (χ0n) is 14.9. The predicted octanol–water partition coefficient (Wildman–Crippen LogP) is 5.32. The molecule has 4 atom stereocenters. The average Bonchev–Trinajstić information content (AvgIpc) is 3.18. The van der Waals surface area contributed by atoms with Crippen LogP contribution in [-0.4, -0.2) is 32.6 Å². The molecule has 3 rings (SSSR count). The van der Waals surface area contributed by atoms with Crippen LogP contribution in [-0.2, 0) is 6.42 Å². The van der Waals surface area contributed by atoms with Gasteiger partial charge in [-0.2, -0.15) is 0 Å². The molecule has 0 aliphatic heterocycles. The van der Waals surface area contributed by atoms with Crippen LogP contribution in [0.3, 0.4) is 0 Å². The number of aromatic nitrogens is 1. The van der Waals surface area contributed by atoms with E-state index in [2.05, 4.69) is 4.98 Å². The molecular weight excluding hydrogens is 425 g/mol. The van der Waals surface area contributed by atoms with Gasteiger partial charge in [-0.3, -0.25) is 0 Å². The van der Waals surface area contributed by atoms with Crippen LogP contribution in [0.2, 0.25) is 10.3 Å². The molecule has 8 heteroatoms. The molecule has 0 bridgehead atoms. The molecular formula is C20H20Cl3NO4. The van der Waals surface area contributed by atoms with E-state index in [4.69, 9.17) is 44.3 Å². The fourth-order valence-electron chi connectivity index (χ4n) is 3.67. The number of furan rings is 1. The number of halogens is 3. The predicted molar refractivity (Wildman–Crippen MR) is 109 cm³/mol. The van der Waals surface area contributed by atoms with Gasteiger partial charge in [-0.05, 0) is 55.0 Å². The number of pyridine rings is 1. The number of aliphatic hydroxyl groups is 1. The minimum absolute atomic E-state index is 0.0583. The smallest absolute Gasteiger partial charge is 0.371 e. The van der Waals surface area contributed by atoms with Crippen molar-refractivity contribution in [3.8, 4) is 0 Å². The summed E-state index contributed by atoms with van der Waals surface area (Å²) < 4.78 is 5.29. The van der Waals surface area contributed by atoms with Gasteiger partial charge >= 0.3 is 5.97 Å². The Labute approximate surface area is 177 Å². The molecule has 28 heavy (non-hydrogen) atoms. The molecule has 150 valence electrons. The third kappa shape index (κ3) is 5.29. The first-order valence-corrected chi connectivity index (χ1v) is 10.2. The van der Waals surface area contributed by atoms with Crippen molar-refractivity contribution >= 4 is 46.8 Å². The Hall–Kier alpha value is -1.53. The lowest BCUT2D eigenvalue weighted by atomic mass is 9.89. The second kappa shape index (κ2) is 9.31. The summed E-state index contributed by atoms with van der Waals surface area (Å²) in [6.45, 7) is 0. The van der Waals surface area contributed by atoms with E-state index in [1.165, 1.54) is 6.07 Å². The fraction of sp³-hybridized carbons (Fsp3) is 0.400. The van der Waals surface area contributed by atoms with Gasteiger partial charge in [0, 0.05) is 17.7 Å². The van der Waals surface area contributed by atoms with Gasteiger partial charge in [0.1, 0.15) is 16.1 Å². The Morgan fingerprint density at radius 2 is 2.00 bits per heavy atom. The Balaban J connectivity index is 1.62.